The van der Waals surface area contributed by atoms with Crippen molar-refractivity contribution < 1.29 is 19.8 Å². The van der Waals surface area contributed by atoms with Crippen LogP contribution in [0.1, 0.15) is 168 Å². The fraction of sp³-hybridized carbons (Fsp3) is 0.941. The Morgan fingerprint density at radius 3 is 0.900 bits per heavy atom. The highest BCUT2D eigenvalue weighted by Crippen LogP contribution is 2.13. The van der Waals surface area contributed by atoms with Gasteiger partial charge in [-0.15, -0.1) is 0 Å². The van der Waals surface area contributed by atoms with Crippen LogP contribution in [0.15, 0.2) is 0 Å². The van der Waals surface area contributed by atoms with Crippen LogP contribution < -0.4 is 0 Å². The van der Waals surface area contributed by atoms with E-state index in [9.17, 15) is 9.59 Å². The van der Waals surface area contributed by atoms with E-state index in [2.05, 4.69) is 23.6 Å². The summed E-state index contributed by atoms with van der Waals surface area (Å²) in [6.45, 7) is 10.2. The molecule has 0 aromatic carbocycles. The Hall–Kier alpha value is -1.14. The third-order valence-corrected chi connectivity index (χ3v) is 8.12. The lowest BCUT2D eigenvalue weighted by Gasteiger charge is -2.28. The lowest BCUT2D eigenvalue weighted by molar-refractivity contribution is -0.138. The number of hydrogen-bond acceptors (Lipinski definition) is 4. The van der Waals surface area contributed by atoms with Gasteiger partial charge in [-0.1, -0.05) is 129 Å². The van der Waals surface area contributed by atoms with E-state index in [1.807, 2.05) is 0 Å². The molecule has 0 spiro atoms. The van der Waals surface area contributed by atoms with E-state index in [0.717, 1.165) is 39.3 Å². The molecule has 0 amide bonds. The summed E-state index contributed by atoms with van der Waals surface area (Å²) in [6, 6.07) is 0. The van der Waals surface area contributed by atoms with Crippen LogP contribution in [0.5, 0.6) is 0 Å². The Balaban J connectivity index is 4.39. The van der Waals surface area contributed by atoms with Crippen molar-refractivity contribution in [1.82, 2.24) is 9.80 Å². The Kier molecular flexibility index (Phi) is 29.9. The fourth-order valence-electron chi connectivity index (χ4n) is 5.51. The van der Waals surface area contributed by atoms with Crippen molar-refractivity contribution in [2.75, 3.05) is 39.3 Å². The van der Waals surface area contributed by atoms with Gasteiger partial charge < -0.3 is 20.0 Å². The summed E-state index contributed by atoms with van der Waals surface area (Å²) in [7, 11) is 0. The highest BCUT2D eigenvalue weighted by Gasteiger charge is 2.11. The Morgan fingerprint density at radius 1 is 0.375 bits per heavy atom. The molecule has 0 fully saturated rings. The second-order valence-electron chi connectivity index (χ2n) is 12.0. The summed E-state index contributed by atoms with van der Waals surface area (Å²) < 4.78 is 0. The summed E-state index contributed by atoms with van der Waals surface area (Å²) in [5.41, 5.74) is 0. The first-order valence-electron chi connectivity index (χ1n) is 17.4. The zero-order chi connectivity index (χ0) is 29.5. The zero-order valence-corrected chi connectivity index (χ0v) is 26.8. The van der Waals surface area contributed by atoms with E-state index in [1.54, 1.807) is 0 Å². The first-order chi connectivity index (χ1) is 19.5. The van der Waals surface area contributed by atoms with Gasteiger partial charge >= 0.3 is 11.9 Å². The van der Waals surface area contributed by atoms with Gasteiger partial charge in [0.2, 0.25) is 0 Å². The van der Waals surface area contributed by atoms with Gasteiger partial charge in [0.05, 0.1) is 0 Å². The van der Waals surface area contributed by atoms with E-state index in [-0.39, 0.29) is 12.8 Å². The second-order valence-corrected chi connectivity index (χ2v) is 12.0. The molecule has 6 nitrogen and oxygen atoms in total. The number of hydrogen-bond donors (Lipinski definition) is 2. The van der Waals surface area contributed by atoms with Gasteiger partial charge in [-0.25, -0.2) is 0 Å². The predicted octanol–water partition coefficient (Wildman–Crippen LogP) is 9.16. The molecule has 0 aromatic heterocycles. The monoisotopic (exact) mass is 569 g/mol. The maximum Gasteiger partial charge on any atom is 0.303 e. The van der Waals surface area contributed by atoms with Crippen LogP contribution in [0.25, 0.3) is 0 Å². The molecule has 0 heterocycles. The van der Waals surface area contributed by atoms with Gasteiger partial charge in [-0.2, -0.15) is 0 Å². The molecule has 2 N–H and O–H groups in total. The standard InChI is InChI=1S/C34H68N2O4/c1-3-5-7-9-11-13-15-17-19-21-27-35(29-23-25-33(37)38)31-32-36(30-24-26-34(39)40)28-22-20-18-16-14-12-10-8-6-4-2/h3-32H2,1-2H3,(H,37,38)(H,39,40). The van der Waals surface area contributed by atoms with Crippen molar-refractivity contribution in [2.45, 2.75) is 168 Å². The summed E-state index contributed by atoms with van der Waals surface area (Å²) in [6.07, 6.45) is 28.4. The number of rotatable bonds is 33. The van der Waals surface area contributed by atoms with Crippen molar-refractivity contribution in [3.8, 4) is 0 Å². The van der Waals surface area contributed by atoms with Crippen molar-refractivity contribution in [1.29, 1.82) is 0 Å². The number of carboxylic acid groups (broad SMARTS) is 2. The summed E-state index contributed by atoms with van der Waals surface area (Å²) in [4.78, 5) is 27.0. The molecule has 0 rings (SSSR count). The SMILES string of the molecule is CCCCCCCCCCCCN(CCCC(=O)O)CCN(CCCCCCCCCCCC)CCCC(=O)O. The lowest BCUT2D eigenvalue weighted by Crippen LogP contribution is -2.37. The van der Waals surface area contributed by atoms with Gasteiger partial charge in [0, 0.05) is 25.9 Å². The van der Waals surface area contributed by atoms with E-state index in [1.165, 1.54) is 128 Å². The Labute approximate surface area is 248 Å². The van der Waals surface area contributed by atoms with E-state index < -0.39 is 11.9 Å². The van der Waals surface area contributed by atoms with Crippen LogP contribution in [-0.2, 0) is 9.59 Å². The number of unbranched alkanes of at least 4 members (excludes halogenated alkanes) is 18. The molecule has 0 radical (unpaired) electrons. The normalized spacial score (nSPS) is 11.6. The molecular formula is C34H68N2O4. The van der Waals surface area contributed by atoms with Crippen molar-refractivity contribution in [3.63, 3.8) is 0 Å². The molecule has 0 saturated carbocycles. The molecule has 0 saturated heterocycles. The topological polar surface area (TPSA) is 81.1 Å². The van der Waals surface area contributed by atoms with Crippen LogP contribution in [0, 0.1) is 0 Å². The van der Waals surface area contributed by atoms with Crippen molar-refractivity contribution in [3.05, 3.63) is 0 Å². The van der Waals surface area contributed by atoms with E-state index >= 15 is 0 Å². The van der Waals surface area contributed by atoms with Crippen LogP contribution >= 0.6 is 0 Å². The maximum absolute atomic E-state index is 11.1. The molecule has 0 bridgehead atoms. The third-order valence-electron chi connectivity index (χ3n) is 8.12. The third kappa shape index (κ3) is 29.8. The minimum atomic E-state index is -0.713. The number of nitrogens with zero attached hydrogens (tertiary/aromatic N) is 2. The van der Waals surface area contributed by atoms with Crippen LogP contribution in [0.3, 0.4) is 0 Å². The van der Waals surface area contributed by atoms with Crippen LogP contribution in [0.4, 0.5) is 0 Å². The van der Waals surface area contributed by atoms with E-state index in [4.69, 9.17) is 10.2 Å². The van der Waals surface area contributed by atoms with Gasteiger partial charge in [0.15, 0.2) is 0 Å². The average molecular weight is 569 g/mol. The molecule has 0 aromatic rings. The smallest absolute Gasteiger partial charge is 0.303 e. The summed E-state index contributed by atoms with van der Waals surface area (Å²) in [5, 5.41) is 18.2. The highest BCUT2D eigenvalue weighted by molar-refractivity contribution is 5.66. The van der Waals surface area contributed by atoms with Gasteiger partial charge in [-0.05, 0) is 51.9 Å². The van der Waals surface area contributed by atoms with E-state index in [0.29, 0.717) is 12.8 Å². The van der Waals surface area contributed by atoms with Gasteiger partial charge in [-0.3, -0.25) is 9.59 Å². The largest absolute Gasteiger partial charge is 0.481 e. The van der Waals surface area contributed by atoms with Gasteiger partial charge in [0.25, 0.3) is 0 Å². The Morgan fingerprint density at radius 2 is 0.625 bits per heavy atom. The number of carboxylic acids is 2. The van der Waals surface area contributed by atoms with Gasteiger partial charge in [0.1, 0.15) is 0 Å². The number of carbonyl (C=O) groups is 2. The highest BCUT2D eigenvalue weighted by atomic mass is 16.4. The quantitative estimate of drug-likeness (QED) is 0.0768. The maximum atomic E-state index is 11.1. The molecule has 0 atom stereocenters. The van der Waals surface area contributed by atoms with Crippen LogP contribution in [0.2, 0.25) is 0 Å². The molecule has 0 unspecified atom stereocenters. The van der Waals surface area contributed by atoms with Crippen molar-refractivity contribution >= 4 is 11.9 Å². The number of aliphatic carboxylic acids is 2. The molecular weight excluding hydrogens is 500 g/mol. The fourth-order valence-corrected chi connectivity index (χ4v) is 5.51. The molecule has 238 valence electrons. The summed E-state index contributed by atoms with van der Waals surface area (Å²) >= 11 is 0. The Bertz CT molecular complexity index is 510. The lowest BCUT2D eigenvalue weighted by atomic mass is 10.1. The minimum absolute atomic E-state index is 0.232. The first kappa shape index (κ1) is 38.9. The second kappa shape index (κ2) is 30.8. The molecule has 0 aliphatic carbocycles. The molecule has 40 heavy (non-hydrogen) atoms. The average Bonchev–Trinajstić information content (AvgIpc) is 2.92. The zero-order valence-electron chi connectivity index (χ0n) is 26.8. The van der Waals surface area contributed by atoms with Crippen molar-refractivity contribution in [2.24, 2.45) is 0 Å². The molecule has 6 heteroatoms. The minimum Gasteiger partial charge on any atom is -0.481 e. The molecule has 0 aliphatic rings. The van der Waals surface area contributed by atoms with Crippen LogP contribution in [-0.4, -0.2) is 71.2 Å². The predicted molar refractivity (Wildman–Crippen MR) is 170 cm³/mol. The molecule has 0 aliphatic heterocycles. The first-order valence-corrected chi connectivity index (χ1v) is 17.4. The summed E-state index contributed by atoms with van der Waals surface area (Å²) in [5.74, 6) is -1.43.